The van der Waals surface area contributed by atoms with Crippen molar-refractivity contribution in [3.05, 3.63) is 15.6 Å². The van der Waals surface area contributed by atoms with Gasteiger partial charge in [0.05, 0.1) is 5.01 Å². The number of aromatic carboxylic acids is 1. The number of rotatable bonds is 4. The van der Waals surface area contributed by atoms with Gasteiger partial charge in [-0.05, 0) is 37.5 Å². The molecule has 0 radical (unpaired) electrons. The first kappa shape index (κ1) is 13.5. The molecule has 18 heavy (non-hydrogen) atoms. The summed E-state index contributed by atoms with van der Waals surface area (Å²) in [5.74, 6) is 0.270. The molecule has 1 fully saturated rings. The lowest BCUT2D eigenvalue weighted by molar-refractivity contribution is 0.0689. The van der Waals surface area contributed by atoms with Crippen molar-refractivity contribution in [3.8, 4) is 0 Å². The summed E-state index contributed by atoms with van der Waals surface area (Å²) in [6.07, 6.45) is 6.65. The van der Waals surface area contributed by atoms with Gasteiger partial charge >= 0.3 is 5.97 Å². The fourth-order valence-electron chi connectivity index (χ4n) is 2.80. The fourth-order valence-corrected chi connectivity index (χ4v) is 4.11. The van der Waals surface area contributed by atoms with Crippen LogP contribution in [0.5, 0.6) is 0 Å². The van der Waals surface area contributed by atoms with Crippen LogP contribution < -0.4 is 0 Å². The van der Waals surface area contributed by atoms with Crippen LogP contribution in [0.4, 0.5) is 0 Å². The van der Waals surface area contributed by atoms with Crippen LogP contribution in [0.3, 0.4) is 0 Å². The number of aryl methyl sites for hydroxylation is 1. The quantitative estimate of drug-likeness (QED) is 0.894. The fraction of sp³-hybridized carbons (Fsp3) is 0.714. The topological polar surface area (TPSA) is 50.2 Å². The molecular formula is C14H21NO2S. The van der Waals surface area contributed by atoms with Crippen LogP contribution in [0.1, 0.15) is 72.2 Å². The highest BCUT2D eigenvalue weighted by molar-refractivity contribution is 7.12. The zero-order valence-electron chi connectivity index (χ0n) is 11.1. The summed E-state index contributed by atoms with van der Waals surface area (Å²) in [7, 11) is 0. The van der Waals surface area contributed by atoms with Gasteiger partial charge in [0, 0.05) is 4.88 Å². The summed E-state index contributed by atoms with van der Waals surface area (Å²) >= 11 is 1.63. The van der Waals surface area contributed by atoms with Crippen LogP contribution in [-0.4, -0.2) is 16.1 Å². The maximum atomic E-state index is 11.3. The number of hydrogen-bond acceptors (Lipinski definition) is 3. The van der Waals surface area contributed by atoms with Crippen LogP contribution in [0.25, 0.3) is 0 Å². The van der Waals surface area contributed by atoms with E-state index in [0.29, 0.717) is 17.5 Å². The van der Waals surface area contributed by atoms with Gasteiger partial charge in [0.25, 0.3) is 0 Å². The summed E-state index contributed by atoms with van der Waals surface area (Å²) < 4.78 is 0. The second kappa shape index (κ2) is 5.83. The van der Waals surface area contributed by atoms with E-state index in [0.717, 1.165) is 35.6 Å². The van der Waals surface area contributed by atoms with Gasteiger partial charge in [0.15, 0.2) is 5.69 Å². The molecule has 1 saturated carbocycles. The summed E-state index contributed by atoms with van der Waals surface area (Å²) in [6, 6.07) is 0. The Labute approximate surface area is 112 Å². The van der Waals surface area contributed by atoms with E-state index in [1.165, 1.54) is 12.8 Å². The molecule has 1 aromatic rings. The highest BCUT2D eigenvalue weighted by Gasteiger charge is 2.27. The average molecular weight is 267 g/mol. The molecule has 4 heteroatoms. The summed E-state index contributed by atoms with van der Waals surface area (Å²) in [5.41, 5.74) is 0.322. The van der Waals surface area contributed by atoms with E-state index in [2.05, 4.69) is 18.8 Å². The van der Waals surface area contributed by atoms with Gasteiger partial charge in [-0.15, -0.1) is 11.3 Å². The van der Waals surface area contributed by atoms with E-state index in [9.17, 15) is 9.90 Å². The number of carboxylic acids is 1. The molecule has 2 rings (SSSR count). The van der Waals surface area contributed by atoms with E-state index in [4.69, 9.17) is 0 Å². The summed E-state index contributed by atoms with van der Waals surface area (Å²) in [5, 5.41) is 10.3. The molecule has 1 N–H and O–H groups in total. The van der Waals surface area contributed by atoms with Gasteiger partial charge in [-0.3, -0.25) is 0 Å². The lowest BCUT2D eigenvalue weighted by atomic mass is 9.81. The van der Waals surface area contributed by atoms with Crippen LogP contribution in [0.2, 0.25) is 0 Å². The van der Waals surface area contributed by atoms with Crippen molar-refractivity contribution in [2.75, 3.05) is 0 Å². The first-order chi connectivity index (χ1) is 8.61. The molecule has 100 valence electrons. The number of carbonyl (C=O) groups is 1. The Bertz CT molecular complexity index is 427. The van der Waals surface area contributed by atoms with E-state index in [1.54, 1.807) is 11.3 Å². The molecule has 1 aromatic heterocycles. The van der Waals surface area contributed by atoms with Gasteiger partial charge in [-0.2, -0.15) is 0 Å². The van der Waals surface area contributed by atoms with Crippen molar-refractivity contribution in [3.63, 3.8) is 0 Å². The summed E-state index contributed by atoms with van der Waals surface area (Å²) in [4.78, 5) is 16.7. The zero-order valence-corrected chi connectivity index (χ0v) is 11.9. The van der Waals surface area contributed by atoms with Crippen LogP contribution in [-0.2, 0) is 6.42 Å². The molecule has 1 aliphatic rings. The van der Waals surface area contributed by atoms with Gasteiger partial charge in [0.1, 0.15) is 0 Å². The van der Waals surface area contributed by atoms with Crippen molar-refractivity contribution < 1.29 is 9.90 Å². The number of thiazole rings is 1. The Balaban J connectivity index is 2.26. The van der Waals surface area contributed by atoms with E-state index < -0.39 is 5.97 Å². The maximum Gasteiger partial charge on any atom is 0.355 e. The lowest BCUT2D eigenvalue weighted by Gasteiger charge is -2.25. The molecule has 0 amide bonds. The minimum Gasteiger partial charge on any atom is -0.476 e. The minimum absolute atomic E-state index is 0.322. The van der Waals surface area contributed by atoms with Crippen LogP contribution in [0.15, 0.2) is 0 Å². The number of carboxylic acid groups (broad SMARTS) is 1. The van der Waals surface area contributed by atoms with Crippen LogP contribution in [0, 0.1) is 5.92 Å². The smallest absolute Gasteiger partial charge is 0.355 e. The molecule has 0 aliphatic heterocycles. The van der Waals surface area contributed by atoms with Crippen LogP contribution >= 0.6 is 11.3 Å². The molecule has 2 atom stereocenters. The molecule has 1 heterocycles. The second-order valence-electron chi connectivity index (χ2n) is 5.34. The zero-order chi connectivity index (χ0) is 13.1. The van der Waals surface area contributed by atoms with Crippen molar-refractivity contribution in [1.82, 2.24) is 4.98 Å². The monoisotopic (exact) mass is 267 g/mol. The third-order valence-corrected chi connectivity index (χ3v) is 4.95. The molecule has 0 saturated heterocycles. The predicted molar refractivity (Wildman–Crippen MR) is 73.4 cm³/mol. The highest BCUT2D eigenvalue weighted by atomic mass is 32.1. The van der Waals surface area contributed by atoms with Gasteiger partial charge in [0.2, 0.25) is 0 Å². The van der Waals surface area contributed by atoms with Crippen molar-refractivity contribution >= 4 is 17.3 Å². The minimum atomic E-state index is -0.859. The SMILES string of the molecule is CCCc1nc(C(=O)O)c(C2CCCC(C)C2)s1. The normalized spacial score (nSPS) is 24.1. The third-order valence-electron chi connectivity index (χ3n) is 3.67. The molecule has 3 nitrogen and oxygen atoms in total. The van der Waals surface area contributed by atoms with Crippen molar-refractivity contribution in [1.29, 1.82) is 0 Å². The maximum absolute atomic E-state index is 11.3. The average Bonchev–Trinajstić information content (AvgIpc) is 2.74. The number of nitrogens with zero attached hydrogens (tertiary/aromatic N) is 1. The molecular weight excluding hydrogens is 246 g/mol. The van der Waals surface area contributed by atoms with E-state index >= 15 is 0 Å². The number of aromatic nitrogens is 1. The Morgan fingerprint density at radius 3 is 2.89 bits per heavy atom. The second-order valence-corrected chi connectivity index (χ2v) is 6.46. The Morgan fingerprint density at radius 1 is 1.50 bits per heavy atom. The standard InChI is InChI=1S/C14H21NO2S/c1-3-5-11-15-12(14(16)17)13(18-11)10-7-4-6-9(2)8-10/h9-10H,3-8H2,1-2H3,(H,16,17). The Hall–Kier alpha value is -0.900. The van der Waals surface area contributed by atoms with Gasteiger partial charge in [-0.25, -0.2) is 9.78 Å². The largest absolute Gasteiger partial charge is 0.476 e. The van der Waals surface area contributed by atoms with Gasteiger partial charge in [-0.1, -0.05) is 26.7 Å². The summed E-state index contributed by atoms with van der Waals surface area (Å²) in [6.45, 7) is 4.37. The van der Waals surface area contributed by atoms with E-state index in [-0.39, 0.29) is 0 Å². The molecule has 0 spiro atoms. The van der Waals surface area contributed by atoms with Crippen molar-refractivity contribution in [2.45, 2.75) is 58.3 Å². The van der Waals surface area contributed by atoms with E-state index in [1.807, 2.05) is 0 Å². The van der Waals surface area contributed by atoms with Gasteiger partial charge < -0.3 is 5.11 Å². The molecule has 2 unspecified atom stereocenters. The molecule has 1 aliphatic carbocycles. The van der Waals surface area contributed by atoms with Crippen molar-refractivity contribution in [2.24, 2.45) is 5.92 Å². The number of hydrogen-bond donors (Lipinski definition) is 1. The molecule has 0 bridgehead atoms. The highest BCUT2D eigenvalue weighted by Crippen LogP contribution is 2.40. The predicted octanol–water partition coefficient (Wildman–Crippen LogP) is 4.09. The molecule has 0 aromatic carbocycles. The third kappa shape index (κ3) is 2.91. The lowest BCUT2D eigenvalue weighted by Crippen LogP contribution is -2.13. The Kier molecular flexibility index (Phi) is 4.38. The first-order valence-electron chi connectivity index (χ1n) is 6.84. The Morgan fingerprint density at radius 2 is 2.28 bits per heavy atom. The first-order valence-corrected chi connectivity index (χ1v) is 7.66.